The predicted molar refractivity (Wildman–Crippen MR) is 177 cm³/mol. The fraction of sp³-hybridized carbons (Fsp3) is 0.294. The second-order valence-electron chi connectivity index (χ2n) is 11.2. The lowest BCUT2D eigenvalue weighted by Gasteiger charge is -2.24. The van der Waals surface area contributed by atoms with Crippen LogP contribution in [0.5, 0.6) is 17.2 Å². The van der Waals surface area contributed by atoms with Crippen LogP contribution in [0.1, 0.15) is 52.4 Å². The van der Waals surface area contributed by atoms with E-state index in [9.17, 15) is 5.11 Å². The Morgan fingerprint density at radius 3 is 2.07 bits per heavy atom. The number of aromatic nitrogens is 2. The van der Waals surface area contributed by atoms with Crippen molar-refractivity contribution in [1.82, 2.24) is 9.97 Å². The molecule has 2 aliphatic rings. The predicted octanol–water partition coefficient (Wildman–Crippen LogP) is 7.24. The van der Waals surface area contributed by atoms with Crippen molar-refractivity contribution in [2.75, 3.05) is 27.3 Å². The first-order valence-electron chi connectivity index (χ1n) is 14.4. The van der Waals surface area contributed by atoms with Crippen LogP contribution < -0.4 is 9.47 Å². The van der Waals surface area contributed by atoms with Gasteiger partial charge in [-0.05, 0) is 108 Å². The Bertz CT molecular complexity index is 1920. The van der Waals surface area contributed by atoms with Crippen LogP contribution in [0.2, 0.25) is 0 Å². The third kappa shape index (κ3) is 4.56. The number of methoxy groups -OCH3 is 2. The Morgan fingerprint density at radius 1 is 0.833 bits per heavy atom. The molecule has 3 aromatic carbocycles. The molecule has 3 N–H and O–H groups in total. The van der Waals surface area contributed by atoms with E-state index >= 15 is 0 Å². The summed E-state index contributed by atoms with van der Waals surface area (Å²) in [5.41, 5.74) is 11.6. The fourth-order valence-corrected chi connectivity index (χ4v) is 7.53. The van der Waals surface area contributed by atoms with Gasteiger partial charge >= 0.3 is 0 Å². The third-order valence-corrected chi connectivity index (χ3v) is 9.86. The van der Waals surface area contributed by atoms with E-state index in [1.54, 1.807) is 14.2 Å². The molecule has 2 aromatic heterocycles. The molecule has 8 heteroatoms. The van der Waals surface area contributed by atoms with Crippen molar-refractivity contribution in [3.8, 4) is 17.2 Å². The van der Waals surface area contributed by atoms with Crippen molar-refractivity contribution in [1.29, 1.82) is 0 Å². The van der Waals surface area contributed by atoms with Gasteiger partial charge in [0.2, 0.25) is 0 Å². The van der Waals surface area contributed by atoms with Crippen molar-refractivity contribution < 1.29 is 14.6 Å². The molecule has 0 amide bonds. The molecule has 7 nitrogen and oxygen atoms in total. The summed E-state index contributed by atoms with van der Waals surface area (Å²) < 4.78 is 11.7. The highest BCUT2D eigenvalue weighted by Gasteiger charge is 2.29. The Kier molecular flexibility index (Phi) is 6.96. The van der Waals surface area contributed by atoms with Gasteiger partial charge in [0.15, 0.2) is 11.5 Å². The van der Waals surface area contributed by atoms with Crippen molar-refractivity contribution in [2.45, 2.75) is 38.5 Å². The number of halogens is 1. The van der Waals surface area contributed by atoms with Crippen LogP contribution in [0.4, 0.5) is 0 Å². The number of nitrogens with zero attached hydrogens (tertiary/aromatic N) is 2. The minimum atomic E-state index is 0.0391. The van der Waals surface area contributed by atoms with Crippen molar-refractivity contribution in [3.63, 3.8) is 0 Å². The minimum absolute atomic E-state index is 0.0391. The summed E-state index contributed by atoms with van der Waals surface area (Å²) in [6, 6.07) is 16.8. The first-order chi connectivity index (χ1) is 20.4. The van der Waals surface area contributed by atoms with E-state index in [4.69, 9.17) is 19.5 Å². The maximum absolute atomic E-state index is 11.0. The summed E-state index contributed by atoms with van der Waals surface area (Å²) in [6.07, 6.45) is 3.28. The SMILES string of the molecule is COc1ccc2c3c([nH]c2c1)C(CC(CC1=NCCc2c1[nH]c1cc(C)ccc21)c1ccc(OC)c(O)c1I)=NCC3. The zero-order valence-corrected chi connectivity index (χ0v) is 26.1. The summed E-state index contributed by atoms with van der Waals surface area (Å²) in [5.74, 6) is 1.53. The summed E-state index contributed by atoms with van der Waals surface area (Å²) in [5, 5.41) is 13.5. The number of aryl methyl sites for hydroxylation is 1. The van der Waals surface area contributed by atoms with Crippen LogP contribution in [0, 0.1) is 10.5 Å². The molecule has 0 radical (unpaired) electrons. The van der Waals surface area contributed by atoms with E-state index in [-0.39, 0.29) is 11.7 Å². The zero-order valence-electron chi connectivity index (χ0n) is 24.0. The molecule has 0 fully saturated rings. The summed E-state index contributed by atoms with van der Waals surface area (Å²) in [6.45, 7) is 3.66. The van der Waals surface area contributed by atoms with E-state index in [1.807, 2.05) is 12.1 Å². The number of hydrogen-bond donors (Lipinski definition) is 3. The van der Waals surface area contributed by atoms with Crippen LogP contribution in [0.25, 0.3) is 21.8 Å². The number of fused-ring (bicyclic) bond motifs is 6. The Hall–Kier alpha value is -3.79. The summed E-state index contributed by atoms with van der Waals surface area (Å²) >= 11 is 2.25. The van der Waals surface area contributed by atoms with Crippen LogP contribution in [-0.2, 0) is 12.8 Å². The second-order valence-corrected chi connectivity index (χ2v) is 12.3. The number of hydrogen-bond acceptors (Lipinski definition) is 5. The molecule has 42 heavy (non-hydrogen) atoms. The lowest BCUT2D eigenvalue weighted by molar-refractivity contribution is 0.371. The van der Waals surface area contributed by atoms with E-state index in [0.29, 0.717) is 12.2 Å². The number of aliphatic imine (C=N–C) groups is 2. The van der Waals surface area contributed by atoms with Gasteiger partial charge in [-0.2, -0.15) is 0 Å². The molecule has 7 rings (SSSR count). The van der Waals surface area contributed by atoms with Gasteiger partial charge in [0.1, 0.15) is 5.75 Å². The highest BCUT2D eigenvalue weighted by Crippen LogP contribution is 2.41. The van der Waals surface area contributed by atoms with Crippen molar-refractivity contribution in [3.05, 3.63) is 85.7 Å². The summed E-state index contributed by atoms with van der Waals surface area (Å²) in [7, 11) is 3.28. The maximum Gasteiger partial charge on any atom is 0.171 e. The standard InChI is InChI=1S/C34H33IN4O3/c1-18-4-6-22-24-10-12-36-28(32(24)38-26(22)14-18)15-19(21-8-9-30(42-3)34(40)31(21)35)16-29-33-25(11-13-37-29)23-7-5-20(41-2)17-27(23)39-33/h4-9,14,17,19,38-40H,10-13,15-16H2,1-3H3. The van der Waals surface area contributed by atoms with Gasteiger partial charge in [0, 0.05) is 41.0 Å². The van der Waals surface area contributed by atoms with Crippen LogP contribution >= 0.6 is 22.6 Å². The highest BCUT2D eigenvalue weighted by atomic mass is 127. The van der Waals surface area contributed by atoms with E-state index in [0.717, 1.165) is 81.1 Å². The lowest BCUT2D eigenvalue weighted by atomic mass is 9.84. The fourth-order valence-electron chi connectivity index (χ4n) is 6.64. The van der Waals surface area contributed by atoms with Gasteiger partial charge in [0.05, 0.1) is 40.6 Å². The highest BCUT2D eigenvalue weighted by molar-refractivity contribution is 14.1. The average Bonchev–Trinajstić information content (AvgIpc) is 3.56. The minimum Gasteiger partial charge on any atom is -0.504 e. The zero-order chi connectivity index (χ0) is 29.0. The number of aromatic hydroxyl groups is 1. The van der Waals surface area contributed by atoms with Crippen LogP contribution in [0.3, 0.4) is 0 Å². The largest absolute Gasteiger partial charge is 0.504 e. The molecular formula is C34H33IN4O3. The van der Waals surface area contributed by atoms with Gasteiger partial charge in [-0.1, -0.05) is 18.2 Å². The molecule has 1 atom stereocenters. The average molecular weight is 673 g/mol. The number of phenols is 1. The number of H-pyrrole nitrogens is 2. The van der Waals surface area contributed by atoms with Gasteiger partial charge < -0.3 is 24.5 Å². The molecule has 0 aliphatic carbocycles. The quantitative estimate of drug-likeness (QED) is 0.159. The van der Waals surface area contributed by atoms with E-state index < -0.39 is 0 Å². The summed E-state index contributed by atoms with van der Waals surface area (Å²) in [4.78, 5) is 17.5. The molecule has 5 aromatic rings. The Labute approximate surface area is 258 Å². The number of aromatic amines is 2. The van der Waals surface area contributed by atoms with Crippen LogP contribution in [0.15, 0.2) is 58.5 Å². The number of rotatable bonds is 7. The van der Waals surface area contributed by atoms with Gasteiger partial charge in [-0.3, -0.25) is 9.98 Å². The maximum atomic E-state index is 11.0. The molecule has 214 valence electrons. The lowest BCUT2D eigenvalue weighted by Crippen LogP contribution is -2.21. The normalized spacial score (nSPS) is 15.2. The molecule has 4 heterocycles. The van der Waals surface area contributed by atoms with Crippen LogP contribution in [-0.4, -0.2) is 53.8 Å². The molecule has 1 unspecified atom stereocenters. The molecule has 0 bridgehead atoms. The molecule has 0 spiro atoms. The first-order valence-corrected chi connectivity index (χ1v) is 15.5. The monoisotopic (exact) mass is 672 g/mol. The molecular weight excluding hydrogens is 639 g/mol. The van der Waals surface area contributed by atoms with E-state index in [2.05, 4.69) is 75.9 Å². The number of nitrogens with one attached hydrogen (secondary N) is 2. The Balaban J connectivity index is 1.30. The van der Waals surface area contributed by atoms with Gasteiger partial charge in [0.25, 0.3) is 0 Å². The molecule has 0 saturated heterocycles. The van der Waals surface area contributed by atoms with Crippen molar-refractivity contribution >= 4 is 55.8 Å². The Morgan fingerprint density at radius 2 is 1.45 bits per heavy atom. The molecule has 0 saturated carbocycles. The van der Waals surface area contributed by atoms with Gasteiger partial charge in [-0.25, -0.2) is 0 Å². The first kappa shape index (κ1) is 27.1. The smallest absolute Gasteiger partial charge is 0.171 e. The number of ether oxygens (including phenoxy) is 2. The van der Waals surface area contributed by atoms with Crippen molar-refractivity contribution in [2.24, 2.45) is 9.98 Å². The third-order valence-electron chi connectivity index (χ3n) is 8.73. The number of benzene rings is 3. The van der Waals surface area contributed by atoms with E-state index in [1.165, 1.54) is 27.5 Å². The van der Waals surface area contributed by atoms with Gasteiger partial charge in [-0.15, -0.1) is 0 Å². The second kappa shape index (κ2) is 10.8. The molecule has 2 aliphatic heterocycles. The topological polar surface area (TPSA) is 95.0 Å². The number of phenolic OH excluding ortho intramolecular Hbond substituents is 1.